The number of anilines is 1. The molecule has 2 aromatic rings. The first-order chi connectivity index (χ1) is 14.4. The molecule has 0 atom stereocenters. The summed E-state index contributed by atoms with van der Waals surface area (Å²) in [6.45, 7) is 12.0. The Balaban J connectivity index is 2.05. The second-order valence-electron chi connectivity index (χ2n) is 9.18. The van der Waals surface area contributed by atoms with Crippen molar-refractivity contribution in [3.8, 4) is 11.1 Å². The number of rotatable bonds is 10. The largest absolute Gasteiger partial charge is 0.372 e. The highest BCUT2D eigenvalue weighted by atomic mass is 16.1. The van der Waals surface area contributed by atoms with Gasteiger partial charge in [0.1, 0.15) is 0 Å². The number of hydrogen-bond donors (Lipinski definition) is 1. The highest BCUT2D eigenvalue weighted by Crippen LogP contribution is 2.35. The zero-order chi connectivity index (χ0) is 21.7. The van der Waals surface area contributed by atoms with Gasteiger partial charge in [-0.15, -0.1) is 0 Å². The minimum Gasteiger partial charge on any atom is -0.372 e. The van der Waals surface area contributed by atoms with Crippen LogP contribution in [0, 0.1) is 12.8 Å². The zero-order valence-corrected chi connectivity index (χ0v) is 19.3. The highest BCUT2D eigenvalue weighted by molar-refractivity contribution is 6.02. The predicted molar refractivity (Wildman–Crippen MR) is 127 cm³/mol. The van der Waals surface area contributed by atoms with Crippen LogP contribution in [0.5, 0.6) is 0 Å². The fraction of sp³-hybridized carbons (Fsp3) is 0.577. The van der Waals surface area contributed by atoms with E-state index in [1.165, 1.54) is 37.1 Å². The molecule has 1 aromatic heterocycles. The van der Waals surface area contributed by atoms with E-state index in [0.717, 1.165) is 55.7 Å². The maximum atomic E-state index is 12.5. The van der Waals surface area contributed by atoms with Crippen LogP contribution in [0.25, 0.3) is 11.1 Å². The number of nitrogens with zero attached hydrogens (tertiary/aromatic N) is 2. The van der Waals surface area contributed by atoms with Gasteiger partial charge in [0.15, 0.2) is 0 Å². The Morgan fingerprint density at radius 3 is 2.33 bits per heavy atom. The van der Waals surface area contributed by atoms with Crippen LogP contribution in [0.3, 0.4) is 0 Å². The van der Waals surface area contributed by atoms with E-state index in [1.807, 2.05) is 0 Å². The molecular formula is C26H39N3O. The number of carbonyl (C=O) groups excluding carboxylic acids is 1. The fourth-order valence-electron chi connectivity index (χ4n) is 4.72. The lowest BCUT2D eigenvalue weighted by atomic mass is 9.97. The van der Waals surface area contributed by atoms with Gasteiger partial charge < -0.3 is 15.2 Å². The Morgan fingerprint density at radius 1 is 1.10 bits per heavy atom. The molecule has 2 heterocycles. The van der Waals surface area contributed by atoms with Gasteiger partial charge in [0.25, 0.3) is 5.91 Å². The van der Waals surface area contributed by atoms with Crippen LogP contribution < -0.4 is 10.6 Å². The molecule has 4 heteroatoms. The number of aromatic nitrogens is 1. The van der Waals surface area contributed by atoms with Crippen molar-refractivity contribution >= 4 is 11.6 Å². The molecule has 0 radical (unpaired) electrons. The van der Waals surface area contributed by atoms with Gasteiger partial charge in [0.05, 0.1) is 5.56 Å². The Bertz CT molecular complexity index is 842. The molecule has 30 heavy (non-hydrogen) atoms. The second-order valence-corrected chi connectivity index (χ2v) is 9.18. The van der Waals surface area contributed by atoms with Crippen LogP contribution >= 0.6 is 0 Å². The molecule has 1 saturated heterocycles. The summed E-state index contributed by atoms with van der Waals surface area (Å²) in [5, 5.41) is 0. The van der Waals surface area contributed by atoms with Crippen molar-refractivity contribution in [2.24, 2.45) is 11.7 Å². The summed E-state index contributed by atoms with van der Waals surface area (Å²) in [5.41, 5.74) is 12.4. The smallest absolute Gasteiger partial charge is 0.251 e. The van der Waals surface area contributed by atoms with Crippen molar-refractivity contribution in [1.29, 1.82) is 0 Å². The minimum atomic E-state index is -0.314. The summed E-state index contributed by atoms with van der Waals surface area (Å²) in [6.07, 6.45) is 8.16. The number of nitrogens with two attached hydrogens (primary N) is 1. The summed E-state index contributed by atoms with van der Waals surface area (Å²) in [5.74, 6) is 0.307. The SMILES string of the molecule is CCCCCc1c(-c2ccc(N3CCCC3)cc2)c(C(N)=O)c(C)n1CCC(C)C. The topological polar surface area (TPSA) is 51.3 Å². The van der Waals surface area contributed by atoms with E-state index in [0.29, 0.717) is 11.5 Å². The molecule has 3 rings (SSSR count). The van der Waals surface area contributed by atoms with Gasteiger partial charge in [-0.2, -0.15) is 0 Å². The number of carbonyl (C=O) groups is 1. The fourth-order valence-corrected chi connectivity index (χ4v) is 4.72. The van der Waals surface area contributed by atoms with Crippen LogP contribution in [0.15, 0.2) is 24.3 Å². The Morgan fingerprint density at radius 2 is 1.77 bits per heavy atom. The molecule has 1 aromatic carbocycles. The van der Waals surface area contributed by atoms with E-state index in [2.05, 4.69) is 61.4 Å². The molecule has 164 valence electrons. The Labute approximate surface area is 182 Å². The maximum absolute atomic E-state index is 12.5. The zero-order valence-electron chi connectivity index (χ0n) is 19.3. The molecular weight excluding hydrogens is 370 g/mol. The third-order valence-electron chi connectivity index (χ3n) is 6.45. The first kappa shape index (κ1) is 22.5. The second kappa shape index (κ2) is 10.2. The van der Waals surface area contributed by atoms with Crippen molar-refractivity contribution in [2.45, 2.75) is 79.2 Å². The first-order valence-electron chi connectivity index (χ1n) is 11.8. The monoisotopic (exact) mass is 409 g/mol. The summed E-state index contributed by atoms with van der Waals surface area (Å²) < 4.78 is 2.37. The lowest BCUT2D eigenvalue weighted by Gasteiger charge is -2.18. The van der Waals surface area contributed by atoms with Crippen LogP contribution in [-0.2, 0) is 13.0 Å². The van der Waals surface area contributed by atoms with E-state index in [1.54, 1.807) is 0 Å². The van der Waals surface area contributed by atoms with E-state index in [-0.39, 0.29) is 5.91 Å². The van der Waals surface area contributed by atoms with Crippen molar-refractivity contribution < 1.29 is 4.79 Å². The van der Waals surface area contributed by atoms with Crippen molar-refractivity contribution in [2.75, 3.05) is 18.0 Å². The standard InChI is InChI=1S/C26H39N3O/c1-5-6-7-10-23-25(21-11-13-22(14-12-21)28-16-8-9-17-28)24(26(27)30)20(4)29(23)18-15-19(2)3/h11-14,19H,5-10,15-18H2,1-4H3,(H2,27,30). The predicted octanol–water partition coefficient (Wildman–Crippen LogP) is 5.94. The van der Waals surface area contributed by atoms with Gasteiger partial charge in [-0.3, -0.25) is 4.79 Å². The quantitative estimate of drug-likeness (QED) is 0.494. The molecule has 0 bridgehead atoms. The summed E-state index contributed by atoms with van der Waals surface area (Å²) in [4.78, 5) is 15.0. The number of benzene rings is 1. The lowest BCUT2D eigenvalue weighted by molar-refractivity contribution is 0.1000. The average molecular weight is 410 g/mol. The number of primary amides is 1. The Kier molecular flexibility index (Phi) is 7.63. The molecule has 1 aliphatic rings. The Hall–Kier alpha value is -2.23. The van der Waals surface area contributed by atoms with Gasteiger partial charge in [-0.25, -0.2) is 0 Å². The number of amides is 1. The van der Waals surface area contributed by atoms with E-state index < -0.39 is 0 Å². The third-order valence-corrected chi connectivity index (χ3v) is 6.45. The summed E-state index contributed by atoms with van der Waals surface area (Å²) in [7, 11) is 0. The van der Waals surface area contributed by atoms with Gasteiger partial charge in [-0.1, -0.05) is 45.7 Å². The van der Waals surface area contributed by atoms with Crippen molar-refractivity contribution in [1.82, 2.24) is 4.57 Å². The maximum Gasteiger partial charge on any atom is 0.251 e. The van der Waals surface area contributed by atoms with E-state index >= 15 is 0 Å². The number of unbranched alkanes of at least 4 members (excludes halogenated alkanes) is 2. The van der Waals surface area contributed by atoms with Gasteiger partial charge >= 0.3 is 0 Å². The molecule has 4 nitrogen and oxygen atoms in total. The first-order valence-corrected chi connectivity index (χ1v) is 11.8. The lowest BCUT2D eigenvalue weighted by Crippen LogP contribution is -2.17. The van der Waals surface area contributed by atoms with Crippen molar-refractivity contribution in [3.63, 3.8) is 0 Å². The van der Waals surface area contributed by atoms with Gasteiger partial charge in [0.2, 0.25) is 0 Å². The molecule has 0 aliphatic carbocycles. The van der Waals surface area contributed by atoms with E-state index in [9.17, 15) is 4.79 Å². The summed E-state index contributed by atoms with van der Waals surface area (Å²) in [6, 6.07) is 8.79. The van der Waals surface area contributed by atoms with Crippen LogP contribution in [0.2, 0.25) is 0 Å². The van der Waals surface area contributed by atoms with Crippen LogP contribution in [-0.4, -0.2) is 23.6 Å². The average Bonchev–Trinajstić information content (AvgIpc) is 3.34. The molecule has 0 spiro atoms. The molecule has 2 N–H and O–H groups in total. The van der Waals surface area contributed by atoms with Crippen LogP contribution in [0.4, 0.5) is 5.69 Å². The summed E-state index contributed by atoms with van der Waals surface area (Å²) >= 11 is 0. The van der Waals surface area contributed by atoms with Gasteiger partial charge in [0, 0.05) is 42.3 Å². The van der Waals surface area contributed by atoms with Crippen LogP contribution in [0.1, 0.15) is 81.0 Å². The molecule has 1 amide bonds. The highest BCUT2D eigenvalue weighted by Gasteiger charge is 2.25. The molecule has 0 unspecified atom stereocenters. The third kappa shape index (κ3) is 4.91. The van der Waals surface area contributed by atoms with Crippen molar-refractivity contribution in [3.05, 3.63) is 41.2 Å². The normalized spacial score (nSPS) is 14.1. The molecule has 1 fully saturated rings. The molecule has 1 aliphatic heterocycles. The van der Waals surface area contributed by atoms with Gasteiger partial charge in [-0.05, 0) is 62.6 Å². The van der Waals surface area contributed by atoms with E-state index in [4.69, 9.17) is 5.73 Å². The minimum absolute atomic E-state index is 0.314. The molecule has 0 saturated carbocycles. The number of hydrogen-bond acceptors (Lipinski definition) is 2.